The molecule has 0 saturated carbocycles. The summed E-state index contributed by atoms with van der Waals surface area (Å²) in [4.78, 5) is 0. The second kappa shape index (κ2) is 9.49. The Kier molecular flexibility index (Phi) is 20.9. The zero-order valence-corrected chi connectivity index (χ0v) is 4.99. The van der Waals surface area contributed by atoms with Crippen molar-refractivity contribution < 1.29 is 29.6 Å². The molecular formula is C3H5Na. The maximum atomic E-state index is 3.25. The van der Waals surface area contributed by atoms with Crippen LogP contribution in [-0.2, 0) is 0 Å². The molecule has 0 fully saturated rings. The van der Waals surface area contributed by atoms with Gasteiger partial charge in [0, 0.05) is 0 Å². The molecule has 0 aliphatic carbocycles. The molecule has 0 aromatic rings. The van der Waals surface area contributed by atoms with Crippen LogP contribution in [0.5, 0.6) is 0 Å². The van der Waals surface area contributed by atoms with Gasteiger partial charge in [-0.25, -0.2) is 19.6 Å². The van der Waals surface area contributed by atoms with E-state index in [0.29, 0.717) is 0 Å². The maximum Gasteiger partial charge on any atom is 1.00 e. The largest absolute Gasteiger partial charge is 1.00 e. The molecule has 1 heteroatoms. The molecule has 0 rings (SSSR count). The zero-order valence-electron chi connectivity index (χ0n) is 2.99. The van der Waals surface area contributed by atoms with Gasteiger partial charge in [-0.2, -0.15) is 0 Å². The average Bonchev–Trinajstić information content (AvgIpc) is 0.918. The predicted octanol–water partition coefficient (Wildman–Crippen LogP) is -1.99. The third-order valence-corrected chi connectivity index (χ3v) is 0. The summed E-state index contributed by atoms with van der Waals surface area (Å²) in [5, 5.41) is 0. The molecule has 0 amide bonds. The summed E-state index contributed by atoms with van der Waals surface area (Å²) in [5.41, 5.74) is 0. The van der Waals surface area contributed by atoms with E-state index in [1.807, 2.05) is 0 Å². The first kappa shape index (κ1) is 8.82. The van der Waals surface area contributed by atoms with Gasteiger partial charge in [-0.3, -0.25) is 0 Å². The molecule has 0 radical (unpaired) electrons. The normalized spacial score (nSPS) is 3.00. The summed E-state index contributed by atoms with van der Waals surface area (Å²) >= 11 is 0. The third kappa shape index (κ3) is 18.2. The summed E-state index contributed by atoms with van der Waals surface area (Å²) in [6, 6.07) is 0. The van der Waals surface area contributed by atoms with Crippen molar-refractivity contribution in [1.29, 1.82) is 0 Å². The van der Waals surface area contributed by atoms with Gasteiger partial charge in [0.05, 0.1) is 0 Å². The summed E-state index contributed by atoms with van der Waals surface area (Å²) in [7, 11) is 0. The fourth-order valence-corrected chi connectivity index (χ4v) is 0. The summed E-state index contributed by atoms with van der Waals surface area (Å²) in [6.07, 6.45) is 1.50. The molecule has 0 unspecified atom stereocenters. The second-order valence-electron chi connectivity index (χ2n) is 0.289. The number of rotatable bonds is 0. The maximum absolute atomic E-state index is 3.25. The molecular weight excluding hydrogens is 59.0 g/mol. The van der Waals surface area contributed by atoms with E-state index in [9.17, 15) is 0 Å². The number of hydrogen-bond acceptors (Lipinski definition) is 0. The van der Waals surface area contributed by atoms with Gasteiger partial charge in [0.25, 0.3) is 0 Å². The van der Waals surface area contributed by atoms with Crippen LogP contribution in [-0.4, -0.2) is 0 Å². The molecule has 0 saturated heterocycles. The SMILES string of the molecule is C=C[CH2-].[Na+]. The molecule has 0 aliphatic rings. The standard InChI is InChI=1S/C3H5.Na/c1-3-2;/h3H,1-2H2;/q-1;+1. The van der Waals surface area contributed by atoms with Crippen LogP contribution in [0, 0.1) is 6.92 Å². The predicted molar refractivity (Wildman–Crippen MR) is 15.6 cm³/mol. The fourth-order valence-electron chi connectivity index (χ4n) is 0. The van der Waals surface area contributed by atoms with Crippen LogP contribution in [0.2, 0.25) is 0 Å². The van der Waals surface area contributed by atoms with Gasteiger partial charge < -0.3 is 0 Å². The Morgan fingerprint density at radius 1 is 1.75 bits per heavy atom. The third-order valence-electron chi connectivity index (χ3n) is 0. The van der Waals surface area contributed by atoms with E-state index in [1.165, 1.54) is 6.08 Å². The van der Waals surface area contributed by atoms with E-state index >= 15 is 0 Å². The van der Waals surface area contributed by atoms with Gasteiger partial charge in [-0.1, -0.05) is 0 Å². The molecule has 18 valence electrons. The van der Waals surface area contributed by atoms with E-state index < -0.39 is 0 Å². The molecule has 4 heavy (non-hydrogen) atoms. The van der Waals surface area contributed by atoms with Crippen molar-refractivity contribution in [2.24, 2.45) is 0 Å². The summed E-state index contributed by atoms with van der Waals surface area (Å²) in [5.74, 6) is 0. The quantitative estimate of drug-likeness (QED) is 0.226. The molecule has 0 aliphatic heterocycles. The van der Waals surface area contributed by atoms with Crippen molar-refractivity contribution in [3.63, 3.8) is 0 Å². The molecule has 0 spiro atoms. The van der Waals surface area contributed by atoms with Crippen molar-refractivity contribution in [2.45, 2.75) is 0 Å². The van der Waals surface area contributed by atoms with Crippen molar-refractivity contribution in [3.05, 3.63) is 19.6 Å². The van der Waals surface area contributed by atoms with Crippen LogP contribution < -0.4 is 29.6 Å². The molecule has 0 nitrogen and oxygen atoms in total. The van der Waals surface area contributed by atoms with E-state index in [-0.39, 0.29) is 29.6 Å². The van der Waals surface area contributed by atoms with Gasteiger partial charge in [0.15, 0.2) is 0 Å². The van der Waals surface area contributed by atoms with Crippen LogP contribution in [0.3, 0.4) is 0 Å². The molecule has 0 heterocycles. The Bertz CT molecular complexity index is 10.8. The van der Waals surface area contributed by atoms with E-state index in [2.05, 4.69) is 13.5 Å². The van der Waals surface area contributed by atoms with E-state index in [0.717, 1.165) is 0 Å². The van der Waals surface area contributed by atoms with Crippen LogP contribution in [0.4, 0.5) is 0 Å². The monoisotopic (exact) mass is 64.0 g/mol. The van der Waals surface area contributed by atoms with Crippen molar-refractivity contribution >= 4 is 0 Å². The minimum absolute atomic E-state index is 0. The zero-order chi connectivity index (χ0) is 2.71. The van der Waals surface area contributed by atoms with Gasteiger partial charge >= 0.3 is 29.6 Å². The van der Waals surface area contributed by atoms with Crippen LogP contribution in [0.25, 0.3) is 0 Å². The topological polar surface area (TPSA) is 0 Å². The minimum Gasteiger partial charge on any atom is -0.245 e. The average molecular weight is 64.1 g/mol. The number of hydrogen-bond donors (Lipinski definition) is 0. The second-order valence-corrected chi connectivity index (χ2v) is 0.289. The first-order chi connectivity index (χ1) is 1.41. The summed E-state index contributed by atoms with van der Waals surface area (Å²) in [6.45, 7) is 6.50. The molecule has 0 aromatic heterocycles. The molecule has 0 N–H and O–H groups in total. The minimum atomic E-state index is 0. The summed E-state index contributed by atoms with van der Waals surface area (Å²) < 4.78 is 0. The van der Waals surface area contributed by atoms with Crippen LogP contribution in [0.15, 0.2) is 12.7 Å². The van der Waals surface area contributed by atoms with Crippen molar-refractivity contribution in [3.8, 4) is 0 Å². The Balaban J connectivity index is 0. The molecule has 0 aromatic carbocycles. The Morgan fingerprint density at radius 3 is 1.75 bits per heavy atom. The Morgan fingerprint density at radius 2 is 1.75 bits per heavy atom. The van der Waals surface area contributed by atoms with E-state index in [4.69, 9.17) is 0 Å². The fraction of sp³-hybridized carbons (Fsp3) is 0. The number of allylic oxidation sites excluding steroid dienone is 1. The molecule has 0 atom stereocenters. The van der Waals surface area contributed by atoms with Crippen molar-refractivity contribution in [1.82, 2.24) is 0 Å². The molecule has 0 bridgehead atoms. The van der Waals surface area contributed by atoms with Gasteiger partial charge in [0.1, 0.15) is 0 Å². The smallest absolute Gasteiger partial charge is 0.245 e. The Labute approximate surface area is 49.2 Å². The van der Waals surface area contributed by atoms with Crippen molar-refractivity contribution in [2.75, 3.05) is 0 Å². The van der Waals surface area contributed by atoms with Gasteiger partial charge in [-0.15, -0.1) is 0 Å². The van der Waals surface area contributed by atoms with E-state index in [1.54, 1.807) is 0 Å². The van der Waals surface area contributed by atoms with Crippen LogP contribution in [0.1, 0.15) is 0 Å². The van der Waals surface area contributed by atoms with Gasteiger partial charge in [0.2, 0.25) is 0 Å². The first-order valence-electron chi connectivity index (χ1n) is 0.816. The first-order valence-corrected chi connectivity index (χ1v) is 0.816. The van der Waals surface area contributed by atoms with Gasteiger partial charge in [-0.05, 0) is 0 Å². The van der Waals surface area contributed by atoms with Crippen LogP contribution >= 0.6 is 0 Å². The Hall–Kier alpha value is 0.610.